The van der Waals surface area contributed by atoms with Gasteiger partial charge in [-0.2, -0.15) is 5.10 Å². The van der Waals surface area contributed by atoms with Crippen molar-refractivity contribution < 1.29 is 12.8 Å². The number of H-pyrrole nitrogens is 1. The van der Waals surface area contributed by atoms with Crippen LogP contribution in [0.3, 0.4) is 0 Å². The Hall–Kier alpha value is -1.16. The molecule has 2 aromatic heterocycles. The number of hydrogen-bond acceptors (Lipinski definition) is 5. The Bertz CT molecular complexity index is 667. The van der Waals surface area contributed by atoms with E-state index in [4.69, 9.17) is 4.42 Å². The van der Waals surface area contributed by atoms with E-state index in [2.05, 4.69) is 43.1 Å². The first-order chi connectivity index (χ1) is 10.0. The van der Waals surface area contributed by atoms with Crippen LogP contribution in [0.1, 0.15) is 24.7 Å². The summed E-state index contributed by atoms with van der Waals surface area (Å²) < 4.78 is 32.6. The van der Waals surface area contributed by atoms with Crippen LogP contribution < -0.4 is 10.0 Å². The summed E-state index contributed by atoms with van der Waals surface area (Å²) in [5.74, 6) is 0.569. The zero-order chi connectivity index (χ0) is 15.3. The minimum atomic E-state index is -3.64. The summed E-state index contributed by atoms with van der Waals surface area (Å²) in [5.41, 5.74) is 0.753. The molecule has 0 aliphatic carbocycles. The zero-order valence-electron chi connectivity index (χ0n) is 11.5. The Morgan fingerprint density at radius 1 is 1.43 bits per heavy atom. The molecule has 0 bridgehead atoms. The van der Waals surface area contributed by atoms with Crippen molar-refractivity contribution in [2.24, 2.45) is 0 Å². The van der Waals surface area contributed by atoms with Gasteiger partial charge in [0.25, 0.3) is 0 Å². The number of aromatic amines is 1. The minimum Gasteiger partial charge on any atom is -0.452 e. The molecule has 0 radical (unpaired) electrons. The first kappa shape index (κ1) is 16.2. The van der Waals surface area contributed by atoms with Crippen LogP contribution in [0.25, 0.3) is 0 Å². The molecule has 0 saturated heterocycles. The molecule has 0 aromatic carbocycles. The summed E-state index contributed by atoms with van der Waals surface area (Å²) in [4.78, 5) is 0.0966. The van der Waals surface area contributed by atoms with Gasteiger partial charge in [-0.25, -0.2) is 13.1 Å². The highest BCUT2D eigenvalue weighted by Gasteiger charge is 2.22. The summed E-state index contributed by atoms with van der Waals surface area (Å²) in [6.07, 6.45) is 4.19. The van der Waals surface area contributed by atoms with Gasteiger partial charge < -0.3 is 9.73 Å². The van der Waals surface area contributed by atoms with Gasteiger partial charge >= 0.3 is 0 Å². The number of rotatable bonds is 8. The number of furan rings is 1. The van der Waals surface area contributed by atoms with Gasteiger partial charge in [-0.15, -0.1) is 0 Å². The molecule has 0 unspecified atom stereocenters. The lowest BCUT2D eigenvalue weighted by molar-refractivity contribution is 0.461. The normalized spacial score (nSPS) is 11.9. The van der Waals surface area contributed by atoms with Crippen LogP contribution in [0.15, 0.2) is 32.4 Å². The van der Waals surface area contributed by atoms with Crippen molar-refractivity contribution in [1.29, 1.82) is 0 Å². The minimum absolute atomic E-state index is 0.0966. The quantitative estimate of drug-likeness (QED) is 0.609. The van der Waals surface area contributed by atoms with Crippen LogP contribution >= 0.6 is 15.9 Å². The average molecular weight is 377 g/mol. The molecule has 3 N–H and O–H groups in total. The van der Waals surface area contributed by atoms with Crippen molar-refractivity contribution in [2.75, 3.05) is 6.54 Å². The van der Waals surface area contributed by atoms with Gasteiger partial charge in [0, 0.05) is 24.4 Å². The maximum atomic E-state index is 12.2. The molecular weight excluding hydrogens is 360 g/mol. The lowest BCUT2D eigenvalue weighted by Crippen LogP contribution is -2.23. The molecule has 9 heteroatoms. The van der Waals surface area contributed by atoms with E-state index >= 15 is 0 Å². The van der Waals surface area contributed by atoms with Crippen molar-refractivity contribution in [2.45, 2.75) is 31.3 Å². The first-order valence-electron chi connectivity index (χ1n) is 6.49. The Morgan fingerprint density at radius 2 is 2.24 bits per heavy atom. The van der Waals surface area contributed by atoms with E-state index in [0.717, 1.165) is 18.5 Å². The second-order valence-corrected chi connectivity index (χ2v) is 6.91. The van der Waals surface area contributed by atoms with Crippen LogP contribution in [-0.2, 0) is 23.1 Å². The maximum Gasteiger partial charge on any atom is 0.245 e. The van der Waals surface area contributed by atoms with Crippen LogP contribution in [0.2, 0.25) is 0 Å². The predicted octanol–water partition coefficient (Wildman–Crippen LogP) is 1.74. The third-order valence-electron chi connectivity index (χ3n) is 2.74. The molecule has 0 amide bonds. The molecule has 116 valence electrons. The molecule has 2 heterocycles. The van der Waals surface area contributed by atoms with Gasteiger partial charge in [0.2, 0.25) is 10.0 Å². The van der Waals surface area contributed by atoms with Crippen molar-refractivity contribution >= 4 is 26.0 Å². The van der Waals surface area contributed by atoms with Crippen molar-refractivity contribution in [1.82, 2.24) is 20.2 Å². The van der Waals surface area contributed by atoms with Crippen molar-refractivity contribution in [3.05, 3.63) is 34.5 Å². The molecule has 0 fully saturated rings. The van der Waals surface area contributed by atoms with Crippen LogP contribution in [0.5, 0.6) is 0 Å². The van der Waals surface area contributed by atoms with E-state index < -0.39 is 10.0 Å². The summed E-state index contributed by atoms with van der Waals surface area (Å²) in [7, 11) is -3.64. The predicted molar refractivity (Wildman–Crippen MR) is 81.0 cm³/mol. The smallest absolute Gasteiger partial charge is 0.245 e. The number of halogens is 1. The second kappa shape index (κ2) is 7.21. The molecule has 2 rings (SSSR count). The standard InChI is InChI=1S/C12H17BrN4O3S/c1-2-3-14-8-10-4-11(12(13)20-10)21(18,19)17-7-9-5-15-16-6-9/h4-6,14,17H,2-3,7-8H2,1H3,(H,15,16). The van der Waals surface area contributed by atoms with E-state index in [1.54, 1.807) is 12.4 Å². The molecular formula is C12H17BrN4O3S. The van der Waals surface area contributed by atoms with Gasteiger partial charge in [-0.05, 0) is 28.9 Å². The van der Waals surface area contributed by atoms with Gasteiger partial charge in [0.15, 0.2) is 4.67 Å². The summed E-state index contributed by atoms with van der Waals surface area (Å²) in [6.45, 7) is 3.56. The Labute approximate surface area is 131 Å². The lowest BCUT2D eigenvalue weighted by Gasteiger charge is -2.02. The molecule has 0 aliphatic rings. The molecule has 0 spiro atoms. The SMILES string of the molecule is CCCNCc1cc(S(=O)(=O)NCc2cn[nH]c2)c(Br)o1. The number of nitrogens with zero attached hydrogens (tertiary/aromatic N) is 1. The van der Waals surface area contributed by atoms with Gasteiger partial charge in [-0.3, -0.25) is 5.10 Å². The zero-order valence-corrected chi connectivity index (χ0v) is 13.9. The Kier molecular flexibility index (Phi) is 5.57. The Morgan fingerprint density at radius 3 is 2.90 bits per heavy atom. The van der Waals surface area contributed by atoms with E-state index in [1.807, 2.05) is 0 Å². The van der Waals surface area contributed by atoms with Crippen LogP contribution in [0, 0.1) is 0 Å². The summed E-state index contributed by atoms with van der Waals surface area (Å²) in [5, 5.41) is 9.55. The van der Waals surface area contributed by atoms with Crippen molar-refractivity contribution in [3.63, 3.8) is 0 Å². The van der Waals surface area contributed by atoms with E-state index in [9.17, 15) is 8.42 Å². The number of aromatic nitrogens is 2. The van der Waals surface area contributed by atoms with Crippen LogP contribution in [-0.4, -0.2) is 25.2 Å². The third-order valence-corrected chi connectivity index (χ3v) is 5.00. The number of nitrogens with one attached hydrogen (secondary N) is 3. The topological polar surface area (TPSA) is 100 Å². The van der Waals surface area contributed by atoms with Gasteiger partial charge in [-0.1, -0.05) is 6.92 Å². The highest BCUT2D eigenvalue weighted by Crippen LogP contribution is 2.26. The van der Waals surface area contributed by atoms with Gasteiger partial charge in [0.05, 0.1) is 12.7 Å². The fourth-order valence-electron chi connectivity index (χ4n) is 1.69. The molecule has 0 aliphatic heterocycles. The number of sulfonamides is 1. The highest BCUT2D eigenvalue weighted by molar-refractivity contribution is 9.10. The molecule has 2 aromatic rings. The fraction of sp³-hybridized carbons (Fsp3) is 0.417. The second-order valence-electron chi connectivity index (χ2n) is 4.46. The maximum absolute atomic E-state index is 12.2. The van der Waals surface area contributed by atoms with Crippen molar-refractivity contribution in [3.8, 4) is 0 Å². The highest BCUT2D eigenvalue weighted by atomic mass is 79.9. The first-order valence-corrected chi connectivity index (χ1v) is 8.77. The average Bonchev–Trinajstić information content (AvgIpc) is 3.07. The molecule has 21 heavy (non-hydrogen) atoms. The van der Waals surface area contributed by atoms with E-state index in [0.29, 0.717) is 12.3 Å². The molecule has 0 atom stereocenters. The lowest BCUT2D eigenvalue weighted by atomic mass is 10.4. The number of hydrogen-bond donors (Lipinski definition) is 3. The van der Waals surface area contributed by atoms with Crippen LogP contribution in [0.4, 0.5) is 0 Å². The monoisotopic (exact) mass is 376 g/mol. The van der Waals surface area contributed by atoms with E-state index in [-0.39, 0.29) is 16.1 Å². The molecule has 0 saturated carbocycles. The largest absolute Gasteiger partial charge is 0.452 e. The van der Waals surface area contributed by atoms with E-state index in [1.165, 1.54) is 6.07 Å². The third kappa shape index (κ3) is 4.40. The summed E-state index contributed by atoms with van der Waals surface area (Å²) in [6, 6.07) is 1.52. The van der Waals surface area contributed by atoms with Gasteiger partial charge in [0.1, 0.15) is 10.7 Å². The molecule has 7 nitrogen and oxygen atoms in total. The summed E-state index contributed by atoms with van der Waals surface area (Å²) >= 11 is 3.15. The Balaban J connectivity index is 2.05. The fourth-order valence-corrected chi connectivity index (χ4v) is 3.70.